The van der Waals surface area contributed by atoms with Crippen molar-refractivity contribution in [2.24, 2.45) is 5.84 Å². The van der Waals surface area contributed by atoms with Gasteiger partial charge in [-0.05, 0) is 24.1 Å². The summed E-state index contributed by atoms with van der Waals surface area (Å²) in [5.74, 6) is 6.57. The van der Waals surface area contributed by atoms with Crippen molar-refractivity contribution in [3.8, 4) is 0 Å². The van der Waals surface area contributed by atoms with Gasteiger partial charge in [0, 0.05) is 31.3 Å². The second kappa shape index (κ2) is 5.56. The van der Waals surface area contributed by atoms with Gasteiger partial charge in [-0.25, -0.2) is 10.4 Å². The van der Waals surface area contributed by atoms with E-state index in [4.69, 9.17) is 5.84 Å². The van der Waals surface area contributed by atoms with Crippen molar-refractivity contribution in [3.63, 3.8) is 0 Å². The molecule has 2 heterocycles. The summed E-state index contributed by atoms with van der Waals surface area (Å²) >= 11 is 0. The van der Waals surface area contributed by atoms with Gasteiger partial charge in [0.2, 0.25) is 0 Å². The van der Waals surface area contributed by atoms with Crippen molar-refractivity contribution < 1.29 is 0 Å². The number of aryl methyl sites for hydroxylation is 1. The van der Waals surface area contributed by atoms with Gasteiger partial charge in [-0.3, -0.25) is 10.8 Å². The highest BCUT2D eigenvalue weighted by molar-refractivity contribution is 5.22. The molecule has 1 atom stereocenters. The SMILES string of the molecule is CCCn1ccnc1C(NN)c1ccncc1. The minimum absolute atomic E-state index is 0.0976. The molecular weight excluding hydrogens is 214 g/mol. The van der Waals surface area contributed by atoms with Crippen LogP contribution in [0.3, 0.4) is 0 Å². The molecule has 0 amide bonds. The molecule has 3 N–H and O–H groups in total. The fraction of sp³-hybridized carbons (Fsp3) is 0.333. The normalized spacial score (nSPS) is 12.6. The number of nitrogens with zero attached hydrogens (tertiary/aromatic N) is 3. The zero-order chi connectivity index (χ0) is 12.1. The van der Waals surface area contributed by atoms with E-state index in [-0.39, 0.29) is 6.04 Å². The molecule has 0 aliphatic heterocycles. The highest BCUT2D eigenvalue weighted by Gasteiger charge is 2.17. The van der Waals surface area contributed by atoms with Crippen LogP contribution in [0.25, 0.3) is 0 Å². The van der Waals surface area contributed by atoms with E-state index >= 15 is 0 Å². The molecule has 2 aromatic heterocycles. The van der Waals surface area contributed by atoms with Crippen molar-refractivity contribution >= 4 is 0 Å². The molecule has 0 saturated heterocycles. The average molecular weight is 231 g/mol. The van der Waals surface area contributed by atoms with E-state index in [2.05, 4.69) is 26.9 Å². The zero-order valence-electron chi connectivity index (χ0n) is 9.87. The van der Waals surface area contributed by atoms with Gasteiger partial charge in [0.05, 0.1) is 0 Å². The summed E-state index contributed by atoms with van der Waals surface area (Å²) in [6.07, 6.45) is 8.36. The number of rotatable bonds is 5. The van der Waals surface area contributed by atoms with Crippen molar-refractivity contribution in [1.82, 2.24) is 20.0 Å². The Kier molecular flexibility index (Phi) is 3.85. The van der Waals surface area contributed by atoms with Gasteiger partial charge in [0.15, 0.2) is 0 Å². The lowest BCUT2D eigenvalue weighted by Crippen LogP contribution is -2.31. The Morgan fingerprint density at radius 2 is 2.12 bits per heavy atom. The summed E-state index contributed by atoms with van der Waals surface area (Å²) in [7, 11) is 0. The number of hydrogen-bond donors (Lipinski definition) is 2. The zero-order valence-corrected chi connectivity index (χ0v) is 9.87. The number of aromatic nitrogens is 3. The molecule has 5 heteroatoms. The first kappa shape index (κ1) is 11.8. The fourth-order valence-electron chi connectivity index (χ4n) is 1.89. The van der Waals surface area contributed by atoms with Crippen LogP contribution in [-0.4, -0.2) is 14.5 Å². The van der Waals surface area contributed by atoms with Gasteiger partial charge in [0.25, 0.3) is 0 Å². The van der Waals surface area contributed by atoms with E-state index < -0.39 is 0 Å². The molecule has 5 nitrogen and oxygen atoms in total. The number of nitrogens with one attached hydrogen (secondary N) is 1. The van der Waals surface area contributed by atoms with Crippen LogP contribution in [0.5, 0.6) is 0 Å². The molecule has 90 valence electrons. The summed E-state index contributed by atoms with van der Waals surface area (Å²) < 4.78 is 2.12. The molecule has 0 aliphatic carbocycles. The third-order valence-electron chi connectivity index (χ3n) is 2.68. The minimum Gasteiger partial charge on any atom is -0.333 e. The molecule has 0 spiro atoms. The van der Waals surface area contributed by atoms with Gasteiger partial charge < -0.3 is 4.57 Å². The van der Waals surface area contributed by atoms with Crippen molar-refractivity contribution in [2.45, 2.75) is 25.9 Å². The number of imidazole rings is 1. The molecular formula is C12H17N5. The number of hydrogen-bond acceptors (Lipinski definition) is 4. The fourth-order valence-corrected chi connectivity index (χ4v) is 1.89. The van der Waals surface area contributed by atoms with Crippen LogP contribution >= 0.6 is 0 Å². The van der Waals surface area contributed by atoms with Gasteiger partial charge in [-0.2, -0.15) is 0 Å². The summed E-state index contributed by atoms with van der Waals surface area (Å²) in [4.78, 5) is 8.39. The quantitative estimate of drug-likeness (QED) is 0.600. The Morgan fingerprint density at radius 1 is 1.35 bits per heavy atom. The average Bonchev–Trinajstić information content (AvgIpc) is 2.81. The van der Waals surface area contributed by atoms with Crippen molar-refractivity contribution in [2.75, 3.05) is 0 Å². The first-order valence-corrected chi connectivity index (χ1v) is 5.74. The molecule has 2 rings (SSSR count). The molecule has 2 aromatic rings. The minimum atomic E-state index is -0.0976. The van der Waals surface area contributed by atoms with Crippen LogP contribution in [0.1, 0.15) is 30.8 Å². The lowest BCUT2D eigenvalue weighted by molar-refractivity contribution is 0.545. The van der Waals surface area contributed by atoms with Crippen LogP contribution in [0.4, 0.5) is 0 Å². The molecule has 0 aromatic carbocycles. The molecule has 0 radical (unpaired) electrons. The summed E-state index contributed by atoms with van der Waals surface area (Å²) in [5, 5.41) is 0. The highest BCUT2D eigenvalue weighted by atomic mass is 15.3. The molecule has 1 unspecified atom stereocenters. The molecule has 17 heavy (non-hydrogen) atoms. The summed E-state index contributed by atoms with van der Waals surface area (Å²) in [5.41, 5.74) is 3.87. The predicted octanol–water partition coefficient (Wildman–Crippen LogP) is 1.24. The lowest BCUT2D eigenvalue weighted by atomic mass is 10.1. The molecule has 0 fully saturated rings. The van der Waals surface area contributed by atoms with Crippen LogP contribution in [0.15, 0.2) is 36.9 Å². The van der Waals surface area contributed by atoms with Crippen LogP contribution in [0.2, 0.25) is 0 Å². The Labute approximate surface area is 101 Å². The Hall–Kier alpha value is -1.72. The van der Waals surface area contributed by atoms with Gasteiger partial charge in [0.1, 0.15) is 11.9 Å². The second-order valence-electron chi connectivity index (χ2n) is 3.86. The lowest BCUT2D eigenvalue weighted by Gasteiger charge is -2.17. The van der Waals surface area contributed by atoms with Crippen LogP contribution in [-0.2, 0) is 6.54 Å². The number of hydrazine groups is 1. The second-order valence-corrected chi connectivity index (χ2v) is 3.86. The third kappa shape index (κ3) is 2.51. The standard InChI is InChI=1S/C12H17N5/c1-2-8-17-9-7-15-12(17)11(16-13)10-3-5-14-6-4-10/h3-7,9,11,16H,2,8,13H2,1H3. The largest absolute Gasteiger partial charge is 0.333 e. The molecule has 0 saturated carbocycles. The maximum absolute atomic E-state index is 5.64. The van der Waals surface area contributed by atoms with E-state index in [9.17, 15) is 0 Å². The summed E-state index contributed by atoms with van der Waals surface area (Å²) in [6.45, 7) is 3.08. The highest BCUT2D eigenvalue weighted by Crippen LogP contribution is 2.19. The maximum atomic E-state index is 5.64. The van der Waals surface area contributed by atoms with Crippen LogP contribution in [0, 0.1) is 0 Å². The Balaban J connectivity index is 2.32. The third-order valence-corrected chi connectivity index (χ3v) is 2.68. The van der Waals surface area contributed by atoms with Gasteiger partial charge in [-0.15, -0.1) is 0 Å². The number of nitrogens with two attached hydrogens (primary N) is 1. The number of pyridine rings is 1. The van der Waals surface area contributed by atoms with Crippen molar-refractivity contribution in [3.05, 3.63) is 48.3 Å². The van der Waals surface area contributed by atoms with Gasteiger partial charge in [-0.1, -0.05) is 6.92 Å². The maximum Gasteiger partial charge on any atom is 0.131 e. The van der Waals surface area contributed by atoms with E-state index in [0.29, 0.717) is 0 Å². The molecule has 0 aliphatic rings. The van der Waals surface area contributed by atoms with Crippen molar-refractivity contribution in [1.29, 1.82) is 0 Å². The van der Waals surface area contributed by atoms with Crippen LogP contribution < -0.4 is 11.3 Å². The van der Waals surface area contributed by atoms with E-state index in [0.717, 1.165) is 24.4 Å². The Morgan fingerprint density at radius 3 is 2.76 bits per heavy atom. The van der Waals surface area contributed by atoms with E-state index in [1.807, 2.05) is 18.3 Å². The van der Waals surface area contributed by atoms with E-state index in [1.165, 1.54) is 0 Å². The predicted molar refractivity (Wildman–Crippen MR) is 65.9 cm³/mol. The monoisotopic (exact) mass is 231 g/mol. The topological polar surface area (TPSA) is 68.8 Å². The first-order valence-electron chi connectivity index (χ1n) is 5.74. The van der Waals surface area contributed by atoms with E-state index in [1.54, 1.807) is 18.6 Å². The Bertz CT molecular complexity index is 451. The first-order chi connectivity index (χ1) is 8.36. The molecule has 0 bridgehead atoms. The van der Waals surface area contributed by atoms with Gasteiger partial charge >= 0.3 is 0 Å². The summed E-state index contributed by atoms with van der Waals surface area (Å²) in [6, 6.07) is 3.78. The smallest absolute Gasteiger partial charge is 0.131 e.